The molecule has 0 aliphatic carbocycles. The third-order valence-corrected chi connectivity index (χ3v) is 4.97. The van der Waals surface area contributed by atoms with E-state index in [0.717, 1.165) is 30.0 Å². The van der Waals surface area contributed by atoms with Crippen LogP contribution in [0.2, 0.25) is 15.1 Å². The lowest BCUT2D eigenvalue weighted by Gasteiger charge is -2.19. The molecule has 0 saturated carbocycles. The van der Waals surface area contributed by atoms with Crippen LogP contribution in [-0.4, -0.2) is 15.7 Å². The predicted octanol–water partition coefficient (Wildman–Crippen LogP) is 6.06. The lowest BCUT2D eigenvalue weighted by atomic mass is 10.1. The summed E-state index contributed by atoms with van der Waals surface area (Å²) in [5.74, 6) is 0. The van der Waals surface area contributed by atoms with Gasteiger partial charge >= 0.3 is 0 Å². The highest BCUT2D eigenvalue weighted by Crippen LogP contribution is 2.23. The smallest absolute Gasteiger partial charge is 0.0946 e. The number of halogens is 3. The fourth-order valence-electron chi connectivity index (χ4n) is 2.68. The molecule has 2 aromatic carbocycles. The number of hydrogen-bond donors (Lipinski definition) is 0. The SMILES string of the molecule is Clc1ccc(CCC(Cn2ccnc2)OCc2ccc(Cl)cc2Cl)cc1. The normalized spacial score (nSPS) is 12.3. The first-order chi connectivity index (χ1) is 12.6. The maximum atomic E-state index is 6.25. The van der Waals surface area contributed by atoms with Gasteiger partial charge in [0.05, 0.1) is 19.0 Å². The molecule has 1 unspecified atom stereocenters. The van der Waals surface area contributed by atoms with E-state index in [4.69, 9.17) is 39.5 Å². The van der Waals surface area contributed by atoms with E-state index in [2.05, 4.69) is 4.98 Å². The van der Waals surface area contributed by atoms with Gasteiger partial charge in [-0.2, -0.15) is 0 Å². The molecule has 136 valence electrons. The van der Waals surface area contributed by atoms with Gasteiger partial charge in [-0.15, -0.1) is 0 Å². The first-order valence-electron chi connectivity index (χ1n) is 8.36. The number of aryl methyl sites for hydroxylation is 1. The van der Waals surface area contributed by atoms with Crippen LogP contribution < -0.4 is 0 Å². The predicted molar refractivity (Wildman–Crippen MR) is 107 cm³/mol. The molecule has 0 aliphatic rings. The van der Waals surface area contributed by atoms with Crippen molar-refractivity contribution in [1.82, 2.24) is 9.55 Å². The second kappa shape index (κ2) is 9.43. The molecule has 6 heteroatoms. The van der Waals surface area contributed by atoms with Gasteiger partial charge in [0.25, 0.3) is 0 Å². The first-order valence-corrected chi connectivity index (χ1v) is 9.49. The Morgan fingerprint density at radius 1 is 1.00 bits per heavy atom. The van der Waals surface area contributed by atoms with Crippen LogP contribution in [0.5, 0.6) is 0 Å². The van der Waals surface area contributed by atoms with Crippen LogP contribution in [0.3, 0.4) is 0 Å². The third-order valence-electron chi connectivity index (χ3n) is 4.13. The van der Waals surface area contributed by atoms with Crippen molar-refractivity contribution in [2.45, 2.75) is 32.1 Å². The topological polar surface area (TPSA) is 27.1 Å². The van der Waals surface area contributed by atoms with Crippen LogP contribution in [0.25, 0.3) is 0 Å². The van der Waals surface area contributed by atoms with E-state index in [1.165, 1.54) is 5.56 Å². The lowest BCUT2D eigenvalue weighted by Crippen LogP contribution is -2.20. The molecule has 1 aromatic heterocycles. The van der Waals surface area contributed by atoms with E-state index >= 15 is 0 Å². The third kappa shape index (κ3) is 5.75. The van der Waals surface area contributed by atoms with Crippen LogP contribution >= 0.6 is 34.8 Å². The number of nitrogens with zero attached hydrogens (tertiary/aromatic N) is 2. The summed E-state index contributed by atoms with van der Waals surface area (Å²) in [5.41, 5.74) is 2.16. The first kappa shape index (κ1) is 19.2. The summed E-state index contributed by atoms with van der Waals surface area (Å²) in [5, 5.41) is 1.99. The molecule has 0 saturated heterocycles. The van der Waals surface area contributed by atoms with Crippen molar-refractivity contribution < 1.29 is 4.74 Å². The number of imidazole rings is 1. The van der Waals surface area contributed by atoms with Gasteiger partial charge in [-0.1, -0.05) is 53.0 Å². The van der Waals surface area contributed by atoms with Crippen molar-refractivity contribution >= 4 is 34.8 Å². The van der Waals surface area contributed by atoms with Crippen LogP contribution in [0.1, 0.15) is 17.5 Å². The summed E-state index contributed by atoms with van der Waals surface area (Å²) < 4.78 is 8.19. The van der Waals surface area contributed by atoms with Crippen LogP contribution in [-0.2, 0) is 24.3 Å². The Hall–Kier alpha value is -1.52. The molecule has 26 heavy (non-hydrogen) atoms. The molecule has 3 nitrogen and oxygen atoms in total. The number of rotatable bonds is 8. The Morgan fingerprint density at radius 3 is 2.46 bits per heavy atom. The maximum absolute atomic E-state index is 6.25. The summed E-state index contributed by atoms with van der Waals surface area (Å²) in [6, 6.07) is 13.4. The minimum absolute atomic E-state index is 0.0339. The highest BCUT2D eigenvalue weighted by atomic mass is 35.5. The monoisotopic (exact) mass is 408 g/mol. The van der Waals surface area contributed by atoms with Crippen LogP contribution in [0.4, 0.5) is 0 Å². The Morgan fingerprint density at radius 2 is 1.77 bits per heavy atom. The largest absolute Gasteiger partial charge is 0.372 e. The van der Waals surface area contributed by atoms with Gasteiger partial charge < -0.3 is 9.30 Å². The summed E-state index contributed by atoms with van der Waals surface area (Å²) in [6.07, 6.45) is 7.33. The van der Waals surface area contributed by atoms with Crippen molar-refractivity contribution in [3.63, 3.8) is 0 Å². The summed E-state index contributed by atoms with van der Waals surface area (Å²) in [4.78, 5) is 4.10. The second-order valence-electron chi connectivity index (χ2n) is 6.09. The van der Waals surface area contributed by atoms with Gasteiger partial charge in [0.1, 0.15) is 0 Å². The second-order valence-corrected chi connectivity index (χ2v) is 7.37. The zero-order valence-corrected chi connectivity index (χ0v) is 16.4. The molecular formula is C20H19Cl3N2O. The number of hydrogen-bond acceptors (Lipinski definition) is 2. The summed E-state index contributed by atoms with van der Waals surface area (Å²) in [7, 11) is 0. The zero-order valence-electron chi connectivity index (χ0n) is 14.1. The van der Waals surface area contributed by atoms with E-state index in [9.17, 15) is 0 Å². The fourth-order valence-corrected chi connectivity index (χ4v) is 3.27. The molecule has 3 rings (SSSR count). The van der Waals surface area contributed by atoms with Gasteiger partial charge in [-0.3, -0.25) is 0 Å². The number of ether oxygens (including phenoxy) is 1. The van der Waals surface area contributed by atoms with Crippen molar-refractivity contribution in [3.8, 4) is 0 Å². The molecule has 1 atom stereocenters. The molecular weight excluding hydrogens is 391 g/mol. The van der Waals surface area contributed by atoms with Gasteiger partial charge in [0, 0.05) is 34.0 Å². The Labute approximate surface area is 168 Å². The van der Waals surface area contributed by atoms with E-state index in [1.54, 1.807) is 18.6 Å². The molecule has 0 spiro atoms. The van der Waals surface area contributed by atoms with E-state index < -0.39 is 0 Å². The Bertz CT molecular complexity index is 820. The van der Waals surface area contributed by atoms with E-state index in [0.29, 0.717) is 16.7 Å². The van der Waals surface area contributed by atoms with Gasteiger partial charge in [0.2, 0.25) is 0 Å². The summed E-state index contributed by atoms with van der Waals surface area (Å²) >= 11 is 18.2. The van der Waals surface area contributed by atoms with Gasteiger partial charge in [0.15, 0.2) is 0 Å². The fraction of sp³-hybridized carbons (Fsp3) is 0.250. The van der Waals surface area contributed by atoms with Crippen molar-refractivity contribution in [2.75, 3.05) is 0 Å². The zero-order chi connectivity index (χ0) is 18.4. The highest BCUT2D eigenvalue weighted by molar-refractivity contribution is 6.35. The molecule has 0 radical (unpaired) electrons. The standard InChI is InChI=1S/C20H19Cl3N2O/c21-17-5-1-15(2-6-17)3-8-19(12-25-10-9-24-14-25)26-13-16-4-7-18(22)11-20(16)23/h1-2,4-7,9-11,14,19H,3,8,12-13H2. The molecule has 0 aliphatic heterocycles. The molecule has 1 heterocycles. The Kier molecular flexibility index (Phi) is 6.98. The maximum Gasteiger partial charge on any atom is 0.0946 e. The summed E-state index contributed by atoms with van der Waals surface area (Å²) in [6.45, 7) is 1.18. The van der Waals surface area contributed by atoms with Crippen molar-refractivity contribution in [1.29, 1.82) is 0 Å². The average Bonchev–Trinajstić information content (AvgIpc) is 3.13. The number of aromatic nitrogens is 2. The van der Waals surface area contributed by atoms with Crippen LogP contribution in [0.15, 0.2) is 61.2 Å². The quantitative estimate of drug-likeness (QED) is 0.452. The van der Waals surface area contributed by atoms with Crippen molar-refractivity contribution in [3.05, 3.63) is 87.4 Å². The van der Waals surface area contributed by atoms with Gasteiger partial charge in [-0.05, 0) is 48.2 Å². The molecule has 0 N–H and O–H groups in total. The molecule has 3 aromatic rings. The Balaban J connectivity index is 1.63. The van der Waals surface area contributed by atoms with Crippen molar-refractivity contribution in [2.24, 2.45) is 0 Å². The van der Waals surface area contributed by atoms with E-state index in [1.807, 2.05) is 47.2 Å². The number of benzene rings is 2. The molecule has 0 amide bonds. The molecule has 0 fully saturated rings. The average molecular weight is 410 g/mol. The minimum Gasteiger partial charge on any atom is -0.372 e. The van der Waals surface area contributed by atoms with E-state index in [-0.39, 0.29) is 6.10 Å². The lowest BCUT2D eigenvalue weighted by molar-refractivity contribution is 0.0240. The van der Waals surface area contributed by atoms with Crippen LogP contribution in [0, 0.1) is 0 Å². The minimum atomic E-state index is 0.0339. The molecule has 0 bridgehead atoms. The highest BCUT2D eigenvalue weighted by Gasteiger charge is 2.12. The van der Waals surface area contributed by atoms with Gasteiger partial charge in [-0.25, -0.2) is 4.98 Å².